The standard InChI is InChI=1S/C50H38N2O15S3/c1-23-8-24-10-26-14-33(52-50(68)51-32-2-5-38(41(20-32)49(59)60)44-39-6-3-34(53)21-42(39)67-43-22-35(54)4-7-40(43)44)15-27(46(26)56)12-29-17-37(70(64,65)66)19-31(48(29)58)13-30-18-36(69(61,62)63)16-28(47(30)57)11-25(9-23)45(24)55/h2-9,14-22,53,55-58H,10-13H2,1H3,(H,59,60)(H2,51,52,68)(H,61,62,63)(H,64,65,66). The van der Waals surface area contributed by atoms with Crippen LogP contribution in [0.2, 0.25) is 0 Å². The number of hydrogen-bond acceptors (Lipinski definition) is 13. The second-order valence-electron chi connectivity index (χ2n) is 16.9. The maximum absolute atomic E-state index is 12.9. The molecule has 1 aliphatic heterocycles. The summed E-state index contributed by atoms with van der Waals surface area (Å²) in [6.45, 7) is 1.73. The van der Waals surface area contributed by atoms with Gasteiger partial charge in [-0.15, -0.1) is 0 Å². The number of phenols is 5. The zero-order valence-electron chi connectivity index (χ0n) is 36.3. The fraction of sp³-hybridized carbons (Fsp3) is 0.100. The number of hydrogen-bond donors (Lipinski definition) is 10. The molecule has 0 atom stereocenters. The summed E-state index contributed by atoms with van der Waals surface area (Å²) in [6.07, 6.45) is -1.37. The maximum atomic E-state index is 12.9. The van der Waals surface area contributed by atoms with Gasteiger partial charge in [-0.25, -0.2) is 4.79 Å². The van der Waals surface area contributed by atoms with Crippen LogP contribution >= 0.6 is 12.2 Å². The Balaban J connectivity index is 1.13. The first kappa shape index (κ1) is 47.1. The lowest BCUT2D eigenvalue weighted by atomic mass is 9.90. The minimum absolute atomic E-state index is 0.0600. The fourth-order valence-corrected chi connectivity index (χ4v) is 10.3. The van der Waals surface area contributed by atoms with Crippen LogP contribution in [0.3, 0.4) is 0 Å². The summed E-state index contributed by atoms with van der Waals surface area (Å²) in [5.74, 6) is -2.85. The van der Waals surface area contributed by atoms with Crippen molar-refractivity contribution in [3.8, 4) is 51.2 Å². The molecule has 9 rings (SSSR count). The molecule has 8 bridgehead atoms. The minimum Gasteiger partial charge on any atom is -0.508 e. The van der Waals surface area contributed by atoms with Crippen LogP contribution in [-0.4, -0.2) is 67.7 Å². The van der Waals surface area contributed by atoms with E-state index in [2.05, 4.69) is 10.6 Å². The Labute approximate surface area is 403 Å². The lowest BCUT2D eigenvalue weighted by Crippen LogP contribution is -2.20. The molecule has 0 radical (unpaired) electrons. The van der Waals surface area contributed by atoms with Crippen LogP contribution in [0, 0.1) is 6.92 Å². The van der Waals surface area contributed by atoms with E-state index in [9.17, 15) is 66.2 Å². The molecular formula is C50H38N2O15S3. The summed E-state index contributed by atoms with van der Waals surface area (Å²) in [5.41, 5.74) is 2.11. The number of thiocarbonyl (C=S) groups is 1. The Morgan fingerprint density at radius 2 is 1.03 bits per heavy atom. The molecule has 0 saturated heterocycles. The normalized spacial score (nSPS) is 12.7. The molecule has 2 aliphatic carbocycles. The number of carboxylic acid groups (broad SMARTS) is 1. The Hall–Kier alpha value is -8.01. The molecule has 1 heterocycles. The van der Waals surface area contributed by atoms with E-state index in [1.165, 1.54) is 48.5 Å². The van der Waals surface area contributed by atoms with Crippen molar-refractivity contribution in [2.75, 3.05) is 10.6 Å². The molecule has 0 spiro atoms. The van der Waals surface area contributed by atoms with Crippen molar-refractivity contribution in [3.05, 3.63) is 169 Å². The van der Waals surface area contributed by atoms with Gasteiger partial charge < -0.3 is 45.7 Å². The molecule has 6 aromatic carbocycles. The largest absolute Gasteiger partial charge is 0.508 e. The Bertz CT molecular complexity index is 3830. The van der Waals surface area contributed by atoms with Crippen molar-refractivity contribution in [3.63, 3.8) is 0 Å². The zero-order valence-corrected chi connectivity index (χ0v) is 38.8. The summed E-state index contributed by atoms with van der Waals surface area (Å²) in [7, 11) is -9.86. The number of phenolic OH excluding ortho intramolecular Hbond substituents is 5. The second kappa shape index (κ2) is 17.5. The molecule has 356 valence electrons. The minimum atomic E-state index is -4.97. The van der Waals surface area contributed by atoms with Gasteiger partial charge in [-0.3, -0.25) is 13.9 Å². The predicted molar refractivity (Wildman–Crippen MR) is 261 cm³/mol. The summed E-state index contributed by atoms with van der Waals surface area (Å²) < 4.78 is 76.4. The second-order valence-corrected chi connectivity index (χ2v) is 20.1. The SMILES string of the molecule is Cc1cc2c(O)c(c1)Cc1cc(S(=O)(=O)O)cc(c1O)Cc1cc(S(=O)(=O)O)cc(c1O)Cc1cc(NC(=S)Nc3ccc(-c4c5ccc(=O)cc-5oc5cc(O)ccc45)c(C(=O)O)c3)cc(c1O)C2. The van der Waals surface area contributed by atoms with Gasteiger partial charge in [0.25, 0.3) is 20.2 Å². The molecule has 6 aromatic rings. The number of benzene rings is 7. The van der Waals surface area contributed by atoms with Gasteiger partial charge >= 0.3 is 5.97 Å². The van der Waals surface area contributed by atoms with Gasteiger partial charge in [0.2, 0.25) is 0 Å². The van der Waals surface area contributed by atoms with E-state index < -0.39 is 60.3 Å². The van der Waals surface area contributed by atoms with Crippen molar-refractivity contribution in [2.24, 2.45) is 0 Å². The Morgan fingerprint density at radius 3 is 1.51 bits per heavy atom. The molecule has 10 N–H and O–H groups in total. The molecule has 20 heteroatoms. The predicted octanol–water partition coefficient (Wildman–Crippen LogP) is 8.08. The van der Waals surface area contributed by atoms with E-state index in [1.807, 2.05) is 0 Å². The van der Waals surface area contributed by atoms with E-state index in [0.717, 1.165) is 24.3 Å². The van der Waals surface area contributed by atoms with Gasteiger partial charge in [-0.2, -0.15) is 16.8 Å². The number of carboxylic acids is 1. The third-order valence-electron chi connectivity index (χ3n) is 12.0. The number of nitrogens with one attached hydrogen (secondary N) is 2. The summed E-state index contributed by atoms with van der Waals surface area (Å²) in [5, 5.41) is 73.9. The molecule has 0 saturated carbocycles. The molecule has 0 fully saturated rings. The van der Waals surface area contributed by atoms with E-state index in [0.29, 0.717) is 22.1 Å². The van der Waals surface area contributed by atoms with Gasteiger partial charge in [0.15, 0.2) is 10.5 Å². The third-order valence-corrected chi connectivity index (χ3v) is 13.9. The monoisotopic (exact) mass is 1000 g/mol. The summed E-state index contributed by atoms with van der Waals surface area (Å²) in [6, 6.07) is 23.0. The van der Waals surface area contributed by atoms with Crippen LogP contribution in [0.5, 0.6) is 28.7 Å². The first-order chi connectivity index (χ1) is 33.0. The lowest BCUT2D eigenvalue weighted by Gasteiger charge is -2.20. The van der Waals surface area contributed by atoms with Crippen molar-refractivity contribution < 1.29 is 65.8 Å². The quantitative estimate of drug-likeness (QED) is 0.0326. The number of aromatic hydroxyl groups is 5. The number of anilines is 2. The molecule has 0 unspecified atom stereocenters. The number of aryl methyl sites for hydroxylation is 1. The Kier molecular flexibility index (Phi) is 11.8. The first-order valence-corrected chi connectivity index (χ1v) is 24.3. The number of aromatic carboxylic acids is 1. The average Bonchev–Trinajstić information content (AvgIpc) is 3.27. The molecule has 17 nitrogen and oxygen atoms in total. The van der Waals surface area contributed by atoms with E-state index in [1.54, 1.807) is 37.3 Å². The number of fused-ring (bicyclic) bond motifs is 10. The summed E-state index contributed by atoms with van der Waals surface area (Å²) >= 11 is 5.70. The van der Waals surface area contributed by atoms with Crippen LogP contribution in [0.25, 0.3) is 33.4 Å². The van der Waals surface area contributed by atoms with Crippen molar-refractivity contribution in [1.29, 1.82) is 0 Å². The smallest absolute Gasteiger partial charge is 0.336 e. The molecule has 3 aliphatic rings. The maximum Gasteiger partial charge on any atom is 0.336 e. The third kappa shape index (κ3) is 9.16. The highest BCUT2D eigenvalue weighted by Gasteiger charge is 2.26. The van der Waals surface area contributed by atoms with Crippen molar-refractivity contribution in [1.82, 2.24) is 0 Å². The zero-order chi connectivity index (χ0) is 50.1. The van der Waals surface area contributed by atoms with Crippen molar-refractivity contribution in [2.45, 2.75) is 42.4 Å². The highest BCUT2D eigenvalue weighted by atomic mass is 32.2. The molecular weight excluding hydrogens is 965 g/mol. The van der Waals surface area contributed by atoms with Crippen LogP contribution in [-0.2, 0) is 45.9 Å². The highest BCUT2D eigenvalue weighted by molar-refractivity contribution is 7.86. The van der Waals surface area contributed by atoms with Crippen LogP contribution < -0.4 is 16.1 Å². The lowest BCUT2D eigenvalue weighted by molar-refractivity contribution is 0.0697. The van der Waals surface area contributed by atoms with Crippen LogP contribution in [0.4, 0.5) is 11.4 Å². The van der Waals surface area contributed by atoms with Crippen molar-refractivity contribution >= 4 is 65.9 Å². The first-order valence-electron chi connectivity index (χ1n) is 21.0. The van der Waals surface area contributed by atoms with E-state index >= 15 is 0 Å². The average molecular weight is 1000 g/mol. The van der Waals surface area contributed by atoms with E-state index in [4.69, 9.17) is 16.6 Å². The van der Waals surface area contributed by atoms with Gasteiger partial charge in [-0.05, 0) is 109 Å². The Morgan fingerprint density at radius 1 is 0.571 bits per heavy atom. The number of rotatable bonds is 6. The van der Waals surface area contributed by atoms with Gasteiger partial charge in [-0.1, -0.05) is 23.8 Å². The number of carbonyl (C=O) groups is 1. The summed E-state index contributed by atoms with van der Waals surface area (Å²) in [4.78, 5) is 23.9. The molecule has 0 aromatic heterocycles. The van der Waals surface area contributed by atoms with E-state index in [-0.39, 0.29) is 119 Å². The van der Waals surface area contributed by atoms with Crippen LogP contribution in [0.15, 0.2) is 122 Å². The van der Waals surface area contributed by atoms with Gasteiger partial charge in [0.1, 0.15) is 40.1 Å². The van der Waals surface area contributed by atoms with Gasteiger partial charge in [0.05, 0.1) is 15.4 Å². The topological polar surface area (TPSA) is 301 Å². The molecule has 70 heavy (non-hydrogen) atoms. The highest BCUT2D eigenvalue weighted by Crippen LogP contribution is 2.44. The fourth-order valence-electron chi connectivity index (χ4n) is 8.88. The van der Waals surface area contributed by atoms with Crippen LogP contribution in [0.1, 0.15) is 60.4 Å². The van der Waals surface area contributed by atoms with Gasteiger partial charge in [0, 0.05) is 99.1 Å². The molecule has 0 amide bonds.